The van der Waals surface area contributed by atoms with Crippen molar-refractivity contribution < 1.29 is 9.90 Å². The van der Waals surface area contributed by atoms with Gasteiger partial charge in [-0.05, 0) is 43.6 Å². The van der Waals surface area contributed by atoms with Crippen LogP contribution in [-0.2, 0) is 6.54 Å². The number of carboxylic acids is 1. The Hall–Kier alpha value is -1.39. The second kappa shape index (κ2) is 7.41. The second-order valence-electron chi connectivity index (χ2n) is 5.48. The van der Waals surface area contributed by atoms with Gasteiger partial charge in [0.15, 0.2) is 0 Å². The van der Waals surface area contributed by atoms with Crippen molar-refractivity contribution in [3.05, 3.63) is 35.4 Å². The normalized spacial score (nSPS) is 19.2. The van der Waals surface area contributed by atoms with Crippen molar-refractivity contribution in [2.24, 2.45) is 0 Å². The molecule has 2 rings (SSSR count). The number of carboxylic acid groups (broad SMARTS) is 1. The lowest BCUT2D eigenvalue weighted by molar-refractivity contribution is 0.0697. The maximum atomic E-state index is 10.8. The third-order valence-electron chi connectivity index (χ3n) is 3.95. The molecule has 1 unspecified atom stereocenters. The first-order valence-corrected chi connectivity index (χ1v) is 7.47. The summed E-state index contributed by atoms with van der Waals surface area (Å²) in [5, 5.41) is 12.5. The van der Waals surface area contributed by atoms with Crippen molar-refractivity contribution in [2.75, 3.05) is 19.6 Å². The summed E-state index contributed by atoms with van der Waals surface area (Å²) in [5.74, 6) is -0.865. The van der Waals surface area contributed by atoms with Crippen LogP contribution in [0.2, 0.25) is 0 Å². The molecule has 0 radical (unpaired) electrons. The average molecular weight is 276 g/mol. The number of carbonyl (C=O) groups is 1. The molecule has 0 amide bonds. The summed E-state index contributed by atoms with van der Waals surface area (Å²) >= 11 is 0. The Morgan fingerprint density at radius 1 is 1.35 bits per heavy atom. The minimum atomic E-state index is -0.865. The number of piperidine rings is 1. The minimum Gasteiger partial charge on any atom is -0.478 e. The maximum absolute atomic E-state index is 10.8. The van der Waals surface area contributed by atoms with Crippen molar-refractivity contribution in [1.82, 2.24) is 10.2 Å². The van der Waals surface area contributed by atoms with E-state index in [0.29, 0.717) is 11.6 Å². The first kappa shape index (κ1) is 15.0. The molecule has 2 N–H and O–H groups in total. The molecule has 4 nitrogen and oxygen atoms in total. The fourth-order valence-electron chi connectivity index (χ4n) is 2.71. The average Bonchev–Trinajstić information content (AvgIpc) is 2.48. The lowest BCUT2D eigenvalue weighted by Crippen LogP contribution is -2.43. The molecule has 110 valence electrons. The quantitative estimate of drug-likeness (QED) is 0.837. The van der Waals surface area contributed by atoms with Gasteiger partial charge in [-0.1, -0.05) is 25.5 Å². The fraction of sp³-hybridized carbons (Fsp3) is 0.562. The van der Waals surface area contributed by atoms with Gasteiger partial charge in [0.25, 0.3) is 0 Å². The Morgan fingerprint density at radius 3 is 2.65 bits per heavy atom. The van der Waals surface area contributed by atoms with Crippen LogP contribution in [0.4, 0.5) is 0 Å². The van der Waals surface area contributed by atoms with Gasteiger partial charge in [0.05, 0.1) is 5.56 Å². The van der Waals surface area contributed by atoms with E-state index >= 15 is 0 Å². The number of likely N-dealkylation sites (N-methyl/N-ethyl adjacent to an activating group) is 1. The number of benzene rings is 1. The van der Waals surface area contributed by atoms with E-state index in [4.69, 9.17) is 5.11 Å². The Balaban J connectivity index is 1.89. The van der Waals surface area contributed by atoms with Gasteiger partial charge in [-0.3, -0.25) is 4.90 Å². The lowest BCUT2D eigenvalue weighted by atomic mass is 10.0. The Morgan fingerprint density at radius 2 is 2.10 bits per heavy atom. The molecule has 0 aromatic heterocycles. The maximum Gasteiger partial charge on any atom is 0.335 e. The SMILES string of the molecule is CCN(Cc1ccc(C(=O)O)cc1)CC1CCCCN1. The number of hydrogen-bond acceptors (Lipinski definition) is 3. The third kappa shape index (κ3) is 4.32. The van der Waals surface area contributed by atoms with E-state index < -0.39 is 5.97 Å². The van der Waals surface area contributed by atoms with Crippen LogP contribution >= 0.6 is 0 Å². The van der Waals surface area contributed by atoms with Crippen molar-refractivity contribution in [1.29, 1.82) is 0 Å². The lowest BCUT2D eigenvalue weighted by Gasteiger charge is -2.30. The predicted octanol–water partition coefficient (Wildman–Crippen LogP) is 2.35. The second-order valence-corrected chi connectivity index (χ2v) is 5.48. The molecule has 4 heteroatoms. The van der Waals surface area contributed by atoms with Crippen molar-refractivity contribution >= 4 is 5.97 Å². The zero-order chi connectivity index (χ0) is 14.4. The highest BCUT2D eigenvalue weighted by Gasteiger charge is 2.16. The molecule has 0 aliphatic carbocycles. The van der Waals surface area contributed by atoms with Gasteiger partial charge in [0, 0.05) is 19.1 Å². The highest BCUT2D eigenvalue weighted by atomic mass is 16.4. The first-order valence-electron chi connectivity index (χ1n) is 7.47. The molecule has 1 heterocycles. The summed E-state index contributed by atoms with van der Waals surface area (Å²) in [5.41, 5.74) is 1.53. The van der Waals surface area contributed by atoms with E-state index in [2.05, 4.69) is 17.1 Å². The zero-order valence-electron chi connectivity index (χ0n) is 12.1. The van der Waals surface area contributed by atoms with Crippen LogP contribution in [-0.4, -0.2) is 41.7 Å². The number of nitrogens with one attached hydrogen (secondary N) is 1. The third-order valence-corrected chi connectivity index (χ3v) is 3.95. The van der Waals surface area contributed by atoms with E-state index in [1.165, 1.54) is 24.8 Å². The molecule has 1 fully saturated rings. The molecule has 1 aromatic carbocycles. The van der Waals surface area contributed by atoms with Gasteiger partial charge in [0.2, 0.25) is 0 Å². The number of aromatic carboxylic acids is 1. The van der Waals surface area contributed by atoms with Crippen LogP contribution in [0.3, 0.4) is 0 Å². The Kier molecular flexibility index (Phi) is 5.56. The van der Waals surface area contributed by atoms with Gasteiger partial charge in [-0.25, -0.2) is 4.79 Å². The van der Waals surface area contributed by atoms with Crippen LogP contribution in [0.15, 0.2) is 24.3 Å². The summed E-state index contributed by atoms with van der Waals surface area (Å²) in [6.07, 6.45) is 3.87. The van der Waals surface area contributed by atoms with Crippen LogP contribution < -0.4 is 5.32 Å². The molecule has 1 atom stereocenters. The van der Waals surface area contributed by atoms with E-state index in [9.17, 15) is 4.79 Å². The fourth-order valence-corrected chi connectivity index (χ4v) is 2.71. The molecule has 20 heavy (non-hydrogen) atoms. The van der Waals surface area contributed by atoms with Crippen molar-refractivity contribution in [3.63, 3.8) is 0 Å². The number of hydrogen-bond donors (Lipinski definition) is 2. The summed E-state index contributed by atoms with van der Waals surface area (Å²) in [4.78, 5) is 13.3. The van der Waals surface area contributed by atoms with Crippen LogP contribution in [0.25, 0.3) is 0 Å². The molecule has 0 spiro atoms. The first-order chi connectivity index (χ1) is 9.69. The molecular weight excluding hydrogens is 252 g/mol. The summed E-state index contributed by atoms with van der Waals surface area (Å²) in [7, 11) is 0. The molecular formula is C16H24N2O2. The van der Waals surface area contributed by atoms with E-state index in [1.54, 1.807) is 12.1 Å². The standard InChI is InChI=1S/C16H24N2O2/c1-2-18(12-15-5-3-4-10-17-15)11-13-6-8-14(9-7-13)16(19)20/h6-9,15,17H,2-5,10-12H2,1H3,(H,19,20). The molecule has 1 saturated heterocycles. The molecule has 0 bridgehead atoms. The minimum absolute atomic E-state index is 0.353. The molecule has 1 aliphatic heterocycles. The summed E-state index contributed by atoms with van der Waals surface area (Å²) in [6.45, 7) is 6.27. The van der Waals surface area contributed by atoms with Gasteiger partial charge in [0.1, 0.15) is 0 Å². The topological polar surface area (TPSA) is 52.6 Å². The Bertz CT molecular complexity index is 425. The largest absolute Gasteiger partial charge is 0.478 e. The molecule has 0 saturated carbocycles. The Labute approximate surface area is 120 Å². The van der Waals surface area contributed by atoms with E-state index in [-0.39, 0.29) is 0 Å². The molecule has 1 aliphatic rings. The monoisotopic (exact) mass is 276 g/mol. The van der Waals surface area contributed by atoms with E-state index in [0.717, 1.165) is 26.2 Å². The van der Waals surface area contributed by atoms with Crippen molar-refractivity contribution in [2.45, 2.75) is 38.8 Å². The van der Waals surface area contributed by atoms with Crippen LogP contribution in [0, 0.1) is 0 Å². The zero-order valence-corrected chi connectivity index (χ0v) is 12.1. The van der Waals surface area contributed by atoms with Crippen LogP contribution in [0.1, 0.15) is 42.1 Å². The van der Waals surface area contributed by atoms with Gasteiger partial charge < -0.3 is 10.4 Å². The summed E-state index contributed by atoms with van der Waals surface area (Å²) < 4.78 is 0. The van der Waals surface area contributed by atoms with Gasteiger partial charge >= 0.3 is 5.97 Å². The highest BCUT2D eigenvalue weighted by molar-refractivity contribution is 5.87. The van der Waals surface area contributed by atoms with Gasteiger partial charge in [-0.15, -0.1) is 0 Å². The van der Waals surface area contributed by atoms with Crippen molar-refractivity contribution in [3.8, 4) is 0 Å². The smallest absolute Gasteiger partial charge is 0.335 e. The summed E-state index contributed by atoms with van der Waals surface area (Å²) in [6, 6.07) is 7.80. The number of rotatable bonds is 6. The van der Waals surface area contributed by atoms with Gasteiger partial charge in [-0.2, -0.15) is 0 Å². The predicted molar refractivity (Wildman–Crippen MR) is 80.0 cm³/mol. The van der Waals surface area contributed by atoms with E-state index in [1.807, 2.05) is 12.1 Å². The number of nitrogens with zero attached hydrogens (tertiary/aromatic N) is 1. The highest BCUT2D eigenvalue weighted by Crippen LogP contribution is 2.12. The van der Waals surface area contributed by atoms with Crippen LogP contribution in [0.5, 0.6) is 0 Å². The molecule has 1 aromatic rings.